The molecule has 9 nitrogen and oxygen atoms in total. The van der Waals surface area contributed by atoms with E-state index in [1.807, 2.05) is 14.1 Å². The van der Waals surface area contributed by atoms with Crippen molar-refractivity contribution in [2.75, 3.05) is 40.3 Å². The Morgan fingerprint density at radius 3 is 2.34 bits per heavy atom. The molecule has 1 unspecified atom stereocenters. The van der Waals surface area contributed by atoms with Crippen molar-refractivity contribution in [3.8, 4) is 0 Å². The van der Waals surface area contributed by atoms with Gasteiger partial charge in [-0.3, -0.25) is 9.59 Å². The van der Waals surface area contributed by atoms with Gasteiger partial charge in [0.25, 0.3) is 0 Å². The maximum Gasteiger partial charge on any atom is 0.333 e. The summed E-state index contributed by atoms with van der Waals surface area (Å²) in [5.74, 6) is -1.36. The fourth-order valence-corrected chi connectivity index (χ4v) is 3.63. The summed E-state index contributed by atoms with van der Waals surface area (Å²) < 4.78 is 5.59. The third kappa shape index (κ3) is 16.6. The largest absolute Gasteiger partial charge is 0.481 e. The summed E-state index contributed by atoms with van der Waals surface area (Å²) in [6, 6.07) is 0.00905. The minimum absolute atomic E-state index is 0.00905. The number of esters is 1. The van der Waals surface area contributed by atoms with Gasteiger partial charge in [0.15, 0.2) is 0 Å². The van der Waals surface area contributed by atoms with Crippen LogP contribution in [0.15, 0.2) is 23.9 Å². The zero-order valence-corrected chi connectivity index (χ0v) is 22.1. The number of unbranched alkanes of at least 4 members (excludes halogenated alkanes) is 4. The molecule has 0 aromatic rings. The summed E-state index contributed by atoms with van der Waals surface area (Å²) in [6.07, 6.45) is 9.30. The number of quaternary nitrogens is 1. The molecule has 0 aliphatic rings. The summed E-state index contributed by atoms with van der Waals surface area (Å²) in [5.41, 5.74) is 0.920. The average Bonchev–Trinajstić information content (AvgIpc) is 2.79. The van der Waals surface area contributed by atoms with Crippen molar-refractivity contribution in [2.45, 2.75) is 77.7 Å². The smallest absolute Gasteiger partial charge is 0.333 e. The zero-order valence-electron chi connectivity index (χ0n) is 22.1. The molecule has 0 bridgehead atoms. The highest BCUT2D eigenvalue weighted by Crippen LogP contribution is 2.19. The molecule has 0 rings (SSSR count). The number of ether oxygens (including phenoxy) is 1. The highest BCUT2D eigenvalue weighted by molar-refractivity contribution is 5.92. The lowest BCUT2D eigenvalue weighted by atomic mass is 10.0. The first-order valence-corrected chi connectivity index (χ1v) is 12.5. The van der Waals surface area contributed by atoms with Crippen LogP contribution >= 0.6 is 0 Å². The second-order valence-electron chi connectivity index (χ2n) is 9.57. The van der Waals surface area contributed by atoms with Crippen LogP contribution in [0.3, 0.4) is 0 Å². The van der Waals surface area contributed by atoms with Gasteiger partial charge in [0.05, 0.1) is 39.7 Å². The van der Waals surface area contributed by atoms with Gasteiger partial charge >= 0.3 is 11.9 Å². The van der Waals surface area contributed by atoms with Gasteiger partial charge in [0.2, 0.25) is 5.91 Å². The molecular weight excluding hydrogens is 450 g/mol. The molecule has 0 heterocycles. The molecule has 1 atom stereocenters. The Morgan fingerprint density at radius 2 is 1.71 bits per heavy atom. The summed E-state index contributed by atoms with van der Waals surface area (Å²) >= 11 is 0. The number of nitrogens with zero attached hydrogens (tertiary/aromatic N) is 1. The third-order valence-corrected chi connectivity index (χ3v) is 5.93. The van der Waals surface area contributed by atoms with Crippen LogP contribution in [0.2, 0.25) is 0 Å². The number of aliphatic carboxylic acids is 1. The van der Waals surface area contributed by atoms with Crippen LogP contribution in [0.4, 0.5) is 0 Å². The first-order valence-electron chi connectivity index (χ1n) is 12.5. The van der Waals surface area contributed by atoms with E-state index in [9.17, 15) is 24.3 Å². The molecule has 200 valence electrons. The van der Waals surface area contributed by atoms with Crippen LogP contribution in [0.5, 0.6) is 0 Å². The Kier molecular flexibility index (Phi) is 17.2. The molecule has 1 amide bonds. The van der Waals surface area contributed by atoms with Gasteiger partial charge in [-0.2, -0.15) is 0 Å². The second kappa shape index (κ2) is 18.6. The Labute approximate surface area is 210 Å². The van der Waals surface area contributed by atoms with E-state index >= 15 is 0 Å². The van der Waals surface area contributed by atoms with Gasteiger partial charge in [0.1, 0.15) is 6.29 Å². The fraction of sp³-hybridized carbons (Fsp3) is 0.692. The van der Waals surface area contributed by atoms with Crippen LogP contribution in [0.1, 0.15) is 71.6 Å². The number of carboxylic acids is 1. The van der Waals surface area contributed by atoms with Crippen LogP contribution in [0.25, 0.3) is 0 Å². The SMILES string of the molecule is C=C(C)C(=O)OCCCNC=C(C)C(=O)NCCC[N+](C)(C)C(CCCCCCC=O)CC(=O)O. The van der Waals surface area contributed by atoms with Crippen molar-refractivity contribution in [3.05, 3.63) is 23.9 Å². The van der Waals surface area contributed by atoms with Crippen LogP contribution in [-0.4, -0.2) is 80.1 Å². The number of carbonyl (C=O) groups excluding carboxylic acids is 3. The average molecular weight is 497 g/mol. The van der Waals surface area contributed by atoms with Crippen molar-refractivity contribution < 1.29 is 33.5 Å². The molecule has 9 heteroatoms. The first-order chi connectivity index (χ1) is 16.5. The maximum atomic E-state index is 12.3. The summed E-state index contributed by atoms with van der Waals surface area (Å²) in [5, 5.41) is 15.3. The quantitative estimate of drug-likeness (QED) is 0.0734. The minimum atomic E-state index is -0.794. The number of carbonyl (C=O) groups is 4. The maximum absolute atomic E-state index is 12.3. The topological polar surface area (TPSA) is 122 Å². The lowest BCUT2D eigenvalue weighted by Crippen LogP contribution is -2.51. The van der Waals surface area contributed by atoms with Crippen molar-refractivity contribution in [2.24, 2.45) is 0 Å². The van der Waals surface area contributed by atoms with Gasteiger partial charge in [-0.1, -0.05) is 19.4 Å². The molecule has 0 aromatic carbocycles. The highest BCUT2D eigenvalue weighted by atomic mass is 16.5. The Bertz CT molecular complexity index is 718. The lowest BCUT2D eigenvalue weighted by molar-refractivity contribution is -0.915. The van der Waals surface area contributed by atoms with Gasteiger partial charge in [-0.15, -0.1) is 0 Å². The van der Waals surface area contributed by atoms with Gasteiger partial charge < -0.3 is 29.8 Å². The second-order valence-corrected chi connectivity index (χ2v) is 9.57. The van der Waals surface area contributed by atoms with E-state index in [1.54, 1.807) is 20.0 Å². The number of hydrogen-bond donors (Lipinski definition) is 3. The van der Waals surface area contributed by atoms with Crippen LogP contribution in [-0.2, 0) is 23.9 Å². The van der Waals surface area contributed by atoms with E-state index in [1.165, 1.54) is 0 Å². The van der Waals surface area contributed by atoms with E-state index in [2.05, 4.69) is 17.2 Å². The summed E-state index contributed by atoms with van der Waals surface area (Å²) in [6.45, 7) is 8.97. The predicted octanol–water partition coefficient (Wildman–Crippen LogP) is 2.95. The van der Waals surface area contributed by atoms with Gasteiger partial charge in [-0.25, -0.2) is 4.79 Å². The standard InChI is InChI=1S/C26H45N3O6/c1-21(2)26(34)35-18-12-14-27-20-22(3)25(33)28-15-11-16-29(4,5)23(19-24(31)32)13-9-7-6-8-10-17-30/h17,20,23H,1,6-16,18-19H2,2-5H3,(H2-,27,28,31,32,33)/p+1. The molecule has 0 spiro atoms. The fourth-order valence-electron chi connectivity index (χ4n) is 3.63. The van der Waals surface area contributed by atoms with E-state index in [0.29, 0.717) is 41.6 Å². The summed E-state index contributed by atoms with van der Waals surface area (Å²) in [7, 11) is 4.09. The summed E-state index contributed by atoms with van der Waals surface area (Å²) in [4.78, 5) is 45.4. The van der Waals surface area contributed by atoms with E-state index in [-0.39, 0.29) is 25.0 Å². The Balaban J connectivity index is 4.31. The normalized spacial score (nSPS) is 12.5. The monoisotopic (exact) mass is 496 g/mol. The number of hydrogen-bond acceptors (Lipinski definition) is 6. The first kappa shape index (κ1) is 32.3. The molecule has 0 saturated carbocycles. The Morgan fingerprint density at radius 1 is 1.03 bits per heavy atom. The number of amides is 1. The Hall–Kier alpha value is -2.68. The number of nitrogens with one attached hydrogen (secondary N) is 2. The molecule has 0 aliphatic heterocycles. The molecule has 0 saturated heterocycles. The molecule has 0 aromatic heterocycles. The molecule has 0 fully saturated rings. The number of aldehydes is 1. The molecule has 3 N–H and O–H groups in total. The van der Waals surface area contributed by atoms with Gasteiger partial charge in [0, 0.05) is 49.7 Å². The van der Waals surface area contributed by atoms with E-state index in [4.69, 9.17) is 4.74 Å². The van der Waals surface area contributed by atoms with Crippen LogP contribution < -0.4 is 10.6 Å². The third-order valence-electron chi connectivity index (χ3n) is 5.93. The molecule has 0 aliphatic carbocycles. The van der Waals surface area contributed by atoms with E-state index < -0.39 is 11.9 Å². The van der Waals surface area contributed by atoms with Crippen molar-refractivity contribution in [3.63, 3.8) is 0 Å². The van der Waals surface area contributed by atoms with Gasteiger partial charge in [-0.05, 0) is 33.1 Å². The predicted molar refractivity (Wildman–Crippen MR) is 137 cm³/mol. The van der Waals surface area contributed by atoms with E-state index in [0.717, 1.165) is 51.4 Å². The highest BCUT2D eigenvalue weighted by Gasteiger charge is 2.29. The zero-order chi connectivity index (χ0) is 26.7. The van der Waals surface area contributed by atoms with Crippen molar-refractivity contribution in [1.29, 1.82) is 0 Å². The van der Waals surface area contributed by atoms with Crippen molar-refractivity contribution >= 4 is 24.1 Å². The number of rotatable bonds is 21. The molecular formula is C26H46N3O6+. The number of carboxylic acid groups (broad SMARTS) is 1. The lowest BCUT2D eigenvalue weighted by Gasteiger charge is -2.38. The van der Waals surface area contributed by atoms with Crippen LogP contribution in [0, 0.1) is 0 Å². The molecule has 0 radical (unpaired) electrons. The minimum Gasteiger partial charge on any atom is -0.481 e. The van der Waals surface area contributed by atoms with Crippen molar-refractivity contribution in [1.82, 2.24) is 10.6 Å². The molecule has 35 heavy (non-hydrogen) atoms.